The van der Waals surface area contributed by atoms with Gasteiger partial charge in [-0.05, 0) is 43.8 Å². The average Bonchev–Trinajstić information content (AvgIpc) is 2.75. The molecule has 0 aromatic carbocycles. The number of carboxylic acid groups (broad SMARTS) is 2. The minimum atomic E-state index is -1.33. The number of Topliss-reactive ketones (excluding diaryl/α,β-unsaturated/α-hetero) is 1. The van der Waals surface area contributed by atoms with Gasteiger partial charge in [0.2, 0.25) is 16.9 Å². The van der Waals surface area contributed by atoms with Crippen LogP contribution in [-0.2, 0) is 24.0 Å². The number of halogens is 1. The summed E-state index contributed by atoms with van der Waals surface area (Å²) in [5, 5.41) is 19.1. The lowest BCUT2D eigenvalue weighted by Gasteiger charge is -2.02. The number of amides is 1. The maximum Gasteiger partial charge on any atom is 0.372 e. The number of nitrogens with two attached hydrogens (primary N) is 1. The van der Waals surface area contributed by atoms with E-state index in [0.29, 0.717) is 25.8 Å². The van der Waals surface area contributed by atoms with Crippen molar-refractivity contribution in [2.45, 2.75) is 97.3 Å². The molecule has 0 saturated carbocycles. The van der Waals surface area contributed by atoms with E-state index in [-0.39, 0.29) is 24.0 Å². The molecule has 10 heteroatoms. The Kier molecular flexibility index (Phi) is 29.2. The summed E-state index contributed by atoms with van der Waals surface area (Å²) in [4.78, 5) is 51.2. The van der Waals surface area contributed by atoms with Gasteiger partial charge in [0.25, 0.3) is 0 Å². The van der Waals surface area contributed by atoms with Crippen LogP contribution in [0, 0.1) is 0 Å². The number of hydrogen-bond donors (Lipinski definition) is 4. The van der Waals surface area contributed by atoms with Crippen LogP contribution in [0.3, 0.4) is 0 Å². The highest BCUT2D eigenvalue weighted by Gasteiger charge is 2.09. The Morgan fingerprint density at radius 2 is 1.22 bits per heavy atom. The van der Waals surface area contributed by atoms with Crippen molar-refractivity contribution in [2.24, 2.45) is 5.73 Å². The van der Waals surface area contributed by atoms with E-state index in [2.05, 4.69) is 5.32 Å². The van der Waals surface area contributed by atoms with Gasteiger partial charge in [-0.15, -0.1) is 0 Å². The lowest BCUT2D eigenvalue weighted by atomic mass is 10.1. The highest BCUT2D eigenvalue weighted by Crippen LogP contribution is 2.05. The molecule has 0 aromatic rings. The second-order valence-electron chi connectivity index (χ2n) is 7.00. The van der Waals surface area contributed by atoms with E-state index in [4.69, 9.17) is 27.5 Å². The number of nitrogens with one attached hydrogen (secondary N) is 1. The highest BCUT2D eigenvalue weighted by molar-refractivity contribution is 6.63. The van der Waals surface area contributed by atoms with E-state index in [1.165, 1.54) is 0 Å². The van der Waals surface area contributed by atoms with Crippen molar-refractivity contribution in [3.8, 4) is 0 Å². The molecule has 5 N–H and O–H groups in total. The molecule has 188 valence electrons. The molecular formula is C22H41ClN2O7. The first-order chi connectivity index (χ1) is 15.1. The topological polar surface area (TPSA) is 164 Å². The third-order valence-electron chi connectivity index (χ3n) is 4.09. The highest BCUT2D eigenvalue weighted by atomic mass is 35.5. The van der Waals surface area contributed by atoms with Gasteiger partial charge < -0.3 is 21.3 Å². The first-order valence-corrected chi connectivity index (χ1v) is 11.6. The molecule has 0 saturated heterocycles. The summed E-state index contributed by atoms with van der Waals surface area (Å²) in [5.74, 6) is -2.64. The lowest BCUT2D eigenvalue weighted by Crippen LogP contribution is -2.23. The summed E-state index contributed by atoms with van der Waals surface area (Å²) in [6.07, 6.45) is 9.68. The summed E-state index contributed by atoms with van der Waals surface area (Å²) in [6, 6.07) is 0. The van der Waals surface area contributed by atoms with E-state index >= 15 is 0 Å². The van der Waals surface area contributed by atoms with Crippen molar-refractivity contribution in [1.82, 2.24) is 5.32 Å². The van der Waals surface area contributed by atoms with E-state index in [1.807, 2.05) is 6.92 Å². The zero-order valence-corrected chi connectivity index (χ0v) is 20.3. The number of carbonyl (C=O) groups excluding carboxylic acids is 3. The molecule has 1 amide bonds. The molecule has 9 nitrogen and oxygen atoms in total. The normalized spacial score (nSPS) is 9.50. The Labute approximate surface area is 196 Å². The number of hydrogen-bond acceptors (Lipinski definition) is 6. The predicted octanol–water partition coefficient (Wildman–Crippen LogP) is 3.65. The van der Waals surface area contributed by atoms with E-state index in [9.17, 15) is 24.0 Å². The molecule has 0 aromatic heterocycles. The van der Waals surface area contributed by atoms with Crippen molar-refractivity contribution in [3.63, 3.8) is 0 Å². The largest absolute Gasteiger partial charge is 0.481 e. The van der Waals surface area contributed by atoms with Crippen molar-refractivity contribution in [2.75, 3.05) is 13.1 Å². The number of carboxylic acids is 2. The smallest absolute Gasteiger partial charge is 0.372 e. The Hall–Kier alpha value is -2.00. The predicted molar refractivity (Wildman–Crippen MR) is 125 cm³/mol. The Bertz CT molecular complexity index is 528. The second kappa shape index (κ2) is 27.0. The first kappa shape index (κ1) is 34.6. The maximum absolute atomic E-state index is 10.8. The van der Waals surface area contributed by atoms with Crippen LogP contribution in [0.5, 0.6) is 0 Å². The number of aliphatic carboxylic acids is 2. The van der Waals surface area contributed by atoms with Crippen molar-refractivity contribution in [3.05, 3.63) is 0 Å². The molecule has 0 atom stereocenters. The Morgan fingerprint density at radius 3 is 1.66 bits per heavy atom. The second-order valence-corrected chi connectivity index (χ2v) is 7.43. The number of ketones is 1. The lowest BCUT2D eigenvalue weighted by molar-refractivity contribution is -0.149. The van der Waals surface area contributed by atoms with Crippen LogP contribution in [0.25, 0.3) is 0 Å². The quantitative estimate of drug-likeness (QED) is 0.139. The van der Waals surface area contributed by atoms with Gasteiger partial charge >= 0.3 is 11.9 Å². The third-order valence-corrected chi connectivity index (χ3v) is 4.35. The van der Waals surface area contributed by atoms with Gasteiger partial charge in [-0.1, -0.05) is 46.0 Å². The fourth-order valence-corrected chi connectivity index (χ4v) is 2.17. The van der Waals surface area contributed by atoms with Crippen molar-refractivity contribution < 1.29 is 34.2 Å². The standard InChI is InChI=1S/C11H21NO3.C8H15NO3.C3H5ClO/c1-2-10(13)12-9-7-5-3-4-6-8-11(14)15;9-6-4-2-1-3-5-7(10)8(11)12;1-2-3(4)5/h2-9H2,1H3,(H,12,13)(H,14,15);1-6,9H2,(H,11,12);2H2,1H3. The first-order valence-electron chi connectivity index (χ1n) is 11.2. The molecule has 32 heavy (non-hydrogen) atoms. The van der Waals surface area contributed by atoms with Gasteiger partial charge in [-0.25, -0.2) is 4.79 Å². The molecule has 0 heterocycles. The minimum absolute atomic E-state index is 0.0980. The molecule has 0 unspecified atom stereocenters. The van der Waals surface area contributed by atoms with E-state index in [1.54, 1.807) is 6.92 Å². The maximum atomic E-state index is 10.8. The van der Waals surface area contributed by atoms with Gasteiger partial charge in [0.15, 0.2) is 0 Å². The van der Waals surface area contributed by atoms with Crippen LogP contribution in [0.4, 0.5) is 0 Å². The monoisotopic (exact) mass is 480 g/mol. The molecule has 0 rings (SSSR count). The summed E-state index contributed by atoms with van der Waals surface area (Å²) >= 11 is 4.82. The summed E-state index contributed by atoms with van der Waals surface area (Å²) in [5.41, 5.74) is 5.26. The molecule has 0 fully saturated rings. The summed E-state index contributed by atoms with van der Waals surface area (Å²) in [6.45, 7) is 4.95. The summed E-state index contributed by atoms with van der Waals surface area (Å²) in [7, 11) is 0. The SMILES string of the molecule is CCC(=O)Cl.CCC(=O)NCCCCCCCC(=O)O.NCCCCCCC(=O)C(=O)O. The van der Waals surface area contributed by atoms with Crippen LogP contribution in [0.15, 0.2) is 0 Å². The van der Waals surface area contributed by atoms with Crippen LogP contribution < -0.4 is 11.1 Å². The van der Waals surface area contributed by atoms with Crippen molar-refractivity contribution in [1.29, 1.82) is 0 Å². The molecule has 0 aliphatic heterocycles. The Balaban J connectivity index is -0.000000441. The summed E-state index contributed by atoms with van der Waals surface area (Å²) < 4.78 is 0. The van der Waals surface area contributed by atoms with E-state index in [0.717, 1.165) is 57.9 Å². The van der Waals surface area contributed by atoms with Gasteiger partial charge in [0.05, 0.1) is 0 Å². The van der Waals surface area contributed by atoms with Crippen LogP contribution in [0.2, 0.25) is 0 Å². The fraction of sp³-hybridized carbons (Fsp3) is 0.773. The molecule has 0 radical (unpaired) electrons. The average molecular weight is 481 g/mol. The van der Waals surface area contributed by atoms with E-state index < -0.39 is 17.7 Å². The third kappa shape index (κ3) is 35.4. The van der Waals surface area contributed by atoms with Gasteiger partial charge in [-0.3, -0.25) is 19.2 Å². The Morgan fingerprint density at radius 1 is 0.750 bits per heavy atom. The van der Waals surface area contributed by atoms with Crippen LogP contribution >= 0.6 is 11.6 Å². The number of rotatable bonds is 17. The van der Waals surface area contributed by atoms with Crippen LogP contribution in [0.1, 0.15) is 97.3 Å². The van der Waals surface area contributed by atoms with Crippen molar-refractivity contribution >= 4 is 40.5 Å². The zero-order chi connectivity index (χ0) is 25.2. The molecular weight excluding hydrogens is 440 g/mol. The molecule has 0 aliphatic carbocycles. The molecule has 0 bridgehead atoms. The fourth-order valence-electron chi connectivity index (χ4n) is 2.17. The van der Waals surface area contributed by atoms with Gasteiger partial charge in [0, 0.05) is 32.2 Å². The van der Waals surface area contributed by atoms with Crippen LogP contribution in [-0.4, -0.2) is 52.2 Å². The number of carbonyl (C=O) groups is 5. The zero-order valence-electron chi connectivity index (χ0n) is 19.5. The molecule has 0 aliphatic rings. The van der Waals surface area contributed by atoms with Gasteiger partial charge in [-0.2, -0.15) is 0 Å². The minimum Gasteiger partial charge on any atom is -0.481 e. The van der Waals surface area contributed by atoms with Gasteiger partial charge in [0.1, 0.15) is 0 Å². The number of unbranched alkanes of at least 4 members (excludes halogenated alkanes) is 7. The molecule has 0 spiro atoms.